The summed E-state index contributed by atoms with van der Waals surface area (Å²) >= 11 is 0. The third-order valence-corrected chi connectivity index (χ3v) is 2.85. The first kappa shape index (κ1) is 14.2. The maximum Gasteiger partial charge on any atom is 0.191 e. The molecule has 6 nitrogen and oxygen atoms in total. The van der Waals surface area contributed by atoms with Gasteiger partial charge in [0, 0.05) is 50.8 Å². The second-order valence-electron chi connectivity index (χ2n) is 4.57. The van der Waals surface area contributed by atoms with Crippen molar-refractivity contribution < 1.29 is 0 Å². The zero-order chi connectivity index (χ0) is 14.2. The van der Waals surface area contributed by atoms with Crippen LogP contribution in [0.5, 0.6) is 0 Å². The van der Waals surface area contributed by atoms with Crippen LogP contribution in [0.1, 0.15) is 12.5 Å². The summed E-state index contributed by atoms with van der Waals surface area (Å²) < 4.78 is 3.93. The van der Waals surface area contributed by atoms with E-state index < -0.39 is 0 Å². The third kappa shape index (κ3) is 4.46. The molecule has 2 aromatic rings. The van der Waals surface area contributed by atoms with E-state index in [-0.39, 0.29) is 0 Å². The van der Waals surface area contributed by atoms with Gasteiger partial charge >= 0.3 is 0 Å². The van der Waals surface area contributed by atoms with E-state index in [0.717, 1.165) is 31.2 Å². The zero-order valence-corrected chi connectivity index (χ0v) is 12.1. The highest BCUT2D eigenvalue weighted by atomic mass is 15.2. The first-order chi connectivity index (χ1) is 9.78. The lowest BCUT2D eigenvalue weighted by molar-refractivity contribution is 0.665. The number of aromatic nitrogens is 3. The first-order valence-corrected chi connectivity index (χ1v) is 6.88. The Hall–Kier alpha value is -2.24. The van der Waals surface area contributed by atoms with Crippen molar-refractivity contribution in [2.75, 3.05) is 13.1 Å². The van der Waals surface area contributed by atoms with Crippen LogP contribution in [0, 0.1) is 0 Å². The minimum absolute atomic E-state index is 0.632. The zero-order valence-electron chi connectivity index (χ0n) is 12.1. The second kappa shape index (κ2) is 7.37. The van der Waals surface area contributed by atoms with Crippen LogP contribution in [0.15, 0.2) is 41.9 Å². The van der Waals surface area contributed by atoms with Crippen molar-refractivity contribution in [3.8, 4) is 0 Å². The number of aryl methyl sites for hydroxylation is 1. The van der Waals surface area contributed by atoms with Crippen molar-refractivity contribution in [3.05, 3.63) is 42.5 Å². The summed E-state index contributed by atoms with van der Waals surface area (Å²) in [5, 5.41) is 10.7. The van der Waals surface area contributed by atoms with Crippen molar-refractivity contribution in [1.29, 1.82) is 0 Å². The normalized spacial score (nSPS) is 11.6. The highest BCUT2D eigenvalue weighted by molar-refractivity contribution is 5.79. The second-order valence-corrected chi connectivity index (χ2v) is 4.57. The molecule has 2 N–H and O–H groups in total. The van der Waals surface area contributed by atoms with Gasteiger partial charge in [0.15, 0.2) is 5.96 Å². The van der Waals surface area contributed by atoms with Crippen molar-refractivity contribution >= 4 is 5.96 Å². The molecule has 0 saturated heterocycles. The predicted octanol–water partition coefficient (Wildman–Crippen LogP) is 0.977. The van der Waals surface area contributed by atoms with E-state index in [0.29, 0.717) is 6.54 Å². The minimum Gasteiger partial charge on any atom is -0.357 e. The molecular formula is C14H22N6. The highest BCUT2D eigenvalue weighted by Crippen LogP contribution is 1.98. The molecule has 0 saturated carbocycles. The van der Waals surface area contributed by atoms with E-state index in [2.05, 4.69) is 44.6 Å². The number of guanidine groups is 1. The lowest BCUT2D eigenvalue weighted by Gasteiger charge is -2.11. The molecule has 0 unspecified atom stereocenters. The molecule has 0 aliphatic heterocycles. The van der Waals surface area contributed by atoms with Gasteiger partial charge in [0.25, 0.3) is 0 Å². The predicted molar refractivity (Wildman–Crippen MR) is 80.5 cm³/mol. The van der Waals surface area contributed by atoms with E-state index in [1.807, 2.05) is 31.6 Å². The molecule has 0 atom stereocenters. The smallest absolute Gasteiger partial charge is 0.191 e. The summed E-state index contributed by atoms with van der Waals surface area (Å²) in [4.78, 5) is 4.55. The molecule has 0 radical (unpaired) electrons. The number of rotatable bonds is 6. The molecule has 0 aliphatic rings. The number of aliphatic imine (C=N–C) groups is 1. The molecule has 2 aromatic heterocycles. The van der Waals surface area contributed by atoms with Gasteiger partial charge in [-0.3, -0.25) is 4.68 Å². The summed E-state index contributed by atoms with van der Waals surface area (Å²) in [6, 6.07) is 4.06. The van der Waals surface area contributed by atoms with Crippen LogP contribution in [-0.4, -0.2) is 33.4 Å². The fraction of sp³-hybridized carbons (Fsp3) is 0.429. The van der Waals surface area contributed by atoms with E-state index in [4.69, 9.17) is 0 Å². The van der Waals surface area contributed by atoms with E-state index >= 15 is 0 Å². The van der Waals surface area contributed by atoms with E-state index in [1.54, 1.807) is 4.68 Å². The van der Waals surface area contributed by atoms with Crippen LogP contribution in [0.3, 0.4) is 0 Å². The van der Waals surface area contributed by atoms with E-state index in [9.17, 15) is 0 Å². The van der Waals surface area contributed by atoms with Crippen molar-refractivity contribution in [2.24, 2.45) is 12.0 Å². The Labute approximate surface area is 119 Å². The maximum atomic E-state index is 4.55. The largest absolute Gasteiger partial charge is 0.357 e. The summed E-state index contributed by atoms with van der Waals surface area (Å²) in [7, 11) is 1.91. The molecule has 2 rings (SSSR count). The molecule has 20 heavy (non-hydrogen) atoms. The Balaban J connectivity index is 1.82. The van der Waals surface area contributed by atoms with Crippen LogP contribution in [-0.2, 0) is 20.1 Å². The van der Waals surface area contributed by atoms with Gasteiger partial charge in [0.05, 0.1) is 12.7 Å². The molecule has 0 aromatic carbocycles. The Morgan fingerprint density at radius 2 is 2.10 bits per heavy atom. The molecule has 0 fully saturated rings. The lowest BCUT2D eigenvalue weighted by atomic mass is 10.4. The first-order valence-electron chi connectivity index (χ1n) is 6.88. The SMILES string of the molecule is CCNC(=NCc1cnn(C)c1)NCCn1cccc1. The Morgan fingerprint density at radius 3 is 2.75 bits per heavy atom. The van der Waals surface area contributed by atoms with Gasteiger partial charge in [-0.25, -0.2) is 4.99 Å². The standard InChI is InChI=1S/C14H22N6/c1-3-15-14(16-6-9-20-7-4-5-8-20)17-10-13-11-18-19(2)12-13/h4-5,7-8,11-12H,3,6,9-10H2,1-2H3,(H2,15,16,17). The summed E-state index contributed by atoms with van der Waals surface area (Å²) in [6.45, 7) is 5.31. The van der Waals surface area contributed by atoms with Crippen LogP contribution in [0.4, 0.5) is 0 Å². The Morgan fingerprint density at radius 1 is 1.30 bits per heavy atom. The van der Waals surface area contributed by atoms with Gasteiger partial charge in [-0.1, -0.05) is 0 Å². The summed E-state index contributed by atoms with van der Waals surface area (Å²) in [5.74, 6) is 0.837. The van der Waals surface area contributed by atoms with Gasteiger partial charge in [0.2, 0.25) is 0 Å². The topological polar surface area (TPSA) is 59.2 Å². The number of nitrogens with one attached hydrogen (secondary N) is 2. The molecule has 0 aliphatic carbocycles. The van der Waals surface area contributed by atoms with Gasteiger partial charge in [0.1, 0.15) is 0 Å². The van der Waals surface area contributed by atoms with Gasteiger partial charge in [-0.2, -0.15) is 5.10 Å². The summed E-state index contributed by atoms with van der Waals surface area (Å²) in [6.07, 6.45) is 7.93. The maximum absolute atomic E-state index is 4.55. The van der Waals surface area contributed by atoms with E-state index in [1.165, 1.54) is 0 Å². The van der Waals surface area contributed by atoms with Crippen molar-refractivity contribution in [1.82, 2.24) is 25.0 Å². The Kier molecular flexibility index (Phi) is 5.23. The van der Waals surface area contributed by atoms with Crippen molar-refractivity contribution in [2.45, 2.75) is 20.0 Å². The average Bonchev–Trinajstić information content (AvgIpc) is 3.07. The van der Waals surface area contributed by atoms with Gasteiger partial charge in [-0.05, 0) is 19.1 Å². The van der Waals surface area contributed by atoms with Crippen LogP contribution in [0.25, 0.3) is 0 Å². The minimum atomic E-state index is 0.632. The molecule has 0 spiro atoms. The van der Waals surface area contributed by atoms with Crippen LogP contribution in [0.2, 0.25) is 0 Å². The lowest BCUT2D eigenvalue weighted by Crippen LogP contribution is -2.38. The average molecular weight is 274 g/mol. The fourth-order valence-corrected chi connectivity index (χ4v) is 1.89. The van der Waals surface area contributed by atoms with Gasteiger partial charge in [-0.15, -0.1) is 0 Å². The van der Waals surface area contributed by atoms with Crippen LogP contribution < -0.4 is 10.6 Å². The van der Waals surface area contributed by atoms with Crippen molar-refractivity contribution in [3.63, 3.8) is 0 Å². The molecule has 2 heterocycles. The molecule has 6 heteroatoms. The monoisotopic (exact) mass is 274 g/mol. The number of hydrogen-bond acceptors (Lipinski definition) is 2. The van der Waals surface area contributed by atoms with Crippen LogP contribution >= 0.6 is 0 Å². The molecule has 108 valence electrons. The molecule has 0 amide bonds. The number of hydrogen-bond donors (Lipinski definition) is 2. The summed E-state index contributed by atoms with van der Waals surface area (Å²) in [5.41, 5.74) is 1.11. The number of nitrogens with zero attached hydrogens (tertiary/aromatic N) is 4. The quantitative estimate of drug-likeness (QED) is 0.610. The Bertz CT molecular complexity index is 526. The van der Waals surface area contributed by atoms with Gasteiger partial charge < -0.3 is 15.2 Å². The highest BCUT2D eigenvalue weighted by Gasteiger charge is 1.99. The third-order valence-electron chi connectivity index (χ3n) is 2.85. The molecule has 0 bridgehead atoms. The molecular weight excluding hydrogens is 252 g/mol. The fourth-order valence-electron chi connectivity index (χ4n) is 1.89.